The summed E-state index contributed by atoms with van der Waals surface area (Å²) in [6, 6.07) is 4.58. The number of anilines is 1. The van der Waals surface area contributed by atoms with E-state index in [4.69, 9.17) is 9.84 Å². The van der Waals surface area contributed by atoms with Gasteiger partial charge in [-0.1, -0.05) is 0 Å². The summed E-state index contributed by atoms with van der Waals surface area (Å²) in [6.45, 7) is 1.17. The van der Waals surface area contributed by atoms with Crippen LogP contribution < -0.4 is 5.32 Å². The number of hydrogen-bond donors (Lipinski definition) is 2. The first-order valence-corrected chi connectivity index (χ1v) is 6.44. The zero-order chi connectivity index (χ0) is 13.7. The molecule has 6 nitrogen and oxygen atoms in total. The Hall–Kier alpha value is -1.66. The van der Waals surface area contributed by atoms with E-state index in [1.807, 2.05) is 0 Å². The van der Waals surface area contributed by atoms with Gasteiger partial charge >= 0.3 is 0 Å². The molecule has 0 amide bonds. The Labute approximate surface area is 111 Å². The number of aliphatic hydroxyl groups is 1. The molecule has 0 aliphatic carbocycles. The number of hydrogen-bond acceptors (Lipinski definition) is 5. The van der Waals surface area contributed by atoms with Crippen LogP contribution in [0.25, 0.3) is 0 Å². The van der Waals surface area contributed by atoms with Crippen LogP contribution in [0.15, 0.2) is 18.2 Å². The maximum absolute atomic E-state index is 10.9. The Morgan fingerprint density at radius 2 is 2.32 bits per heavy atom. The summed E-state index contributed by atoms with van der Waals surface area (Å²) in [7, 11) is 0. The molecule has 1 aliphatic rings. The first-order chi connectivity index (χ1) is 9.20. The summed E-state index contributed by atoms with van der Waals surface area (Å²) in [5, 5.41) is 23.1. The summed E-state index contributed by atoms with van der Waals surface area (Å²) >= 11 is 0. The van der Waals surface area contributed by atoms with E-state index < -0.39 is 4.92 Å². The fourth-order valence-electron chi connectivity index (χ4n) is 2.17. The summed E-state index contributed by atoms with van der Waals surface area (Å²) in [6.07, 6.45) is 3.29. The highest BCUT2D eigenvalue weighted by Crippen LogP contribution is 2.26. The van der Waals surface area contributed by atoms with Crippen LogP contribution in [0.1, 0.15) is 24.8 Å². The lowest BCUT2D eigenvalue weighted by molar-refractivity contribution is -0.384. The molecule has 6 heteroatoms. The molecule has 19 heavy (non-hydrogen) atoms. The number of nitro benzene ring substituents is 1. The smallest absolute Gasteiger partial charge is 0.292 e. The van der Waals surface area contributed by atoms with Crippen molar-refractivity contribution in [3.8, 4) is 0 Å². The van der Waals surface area contributed by atoms with Crippen LogP contribution in [-0.2, 0) is 11.3 Å². The van der Waals surface area contributed by atoms with Crippen LogP contribution in [0.3, 0.4) is 0 Å². The standard InChI is InChI=1S/C13H18N2O4/c16-9-10-4-5-13(15(17)18)12(7-10)14-8-11-3-1-2-6-19-11/h4-5,7,11,14,16H,1-3,6,8-9H2. The zero-order valence-electron chi connectivity index (χ0n) is 10.7. The van der Waals surface area contributed by atoms with Gasteiger partial charge in [0.15, 0.2) is 0 Å². The zero-order valence-corrected chi connectivity index (χ0v) is 10.7. The van der Waals surface area contributed by atoms with Crippen molar-refractivity contribution in [2.24, 2.45) is 0 Å². The minimum Gasteiger partial charge on any atom is -0.392 e. The molecule has 0 spiro atoms. The Morgan fingerprint density at radius 3 is 2.95 bits per heavy atom. The van der Waals surface area contributed by atoms with Crippen LogP contribution >= 0.6 is 0 Å². The highest BCUT2D eigenvalue weighted by atomic mass is 16.6. The second kappa shape index (κ2) is 6.49. The van der Waals surface area contributed by atoms with Crippen molar-refractivity contribution in [3.05, 3.63) is 33.9 Å². The number of nitro groups is 1. The third kappa shape index (κ3) is 3.65. The number of rotatable bonds is 5. The van der Waals surface area contributed by atoms with E-state index in [0.717, 1.165) is 25.9 Å². The van der Waals surface area contributed by atoms with Crippen LogP contribution in [-0.4, -0.2) is 29.3 Å². The second-order valence-corrected chi connectivity index (χ2v) is 4.64. The van der Waals surface area contributed by atoms with Crippen molar-refractivity contribution >= 4 is 11.4 Å². The SMILES string of the molecule is O=[N+]([O-])c1ccc(CO)cc1NCC1CCCCO1. The van der Waals surface area contributed by atoms with Gasteiger partial charge < -0.3 is 15.2 Å². The molecule has 0 aromatic heterocycles. The molecule has 0 bridgehead atoms. The largest absolute Gasteiger partial charge is 0.392 e. The van der Waals surface area contributed by atoms with E-state index in [0.29, 0.717) is 17.8 Å². The lowest BCUT2D eigenvalue weighted by atomic mass is 10.1. The molecular weight excluding hydrogens is 248 g/mol. The molecule has 0 saturated carbocycles. The van der Waals surface area contributed by atoms with Gasteiger partial charge in [0, 0.05) is 19.2 Å². The quantitative estimate of drug-likeness (QED) is 0.629. The first-order valence-electron chi connectivity index (χ1n) is 6.44. The van der Waals surface area contributed by atoms with E-state index in [-0.39, 0.29) is 18.4 Å². The fourth-order valence-corrected chi connectivity index (χ4v) is 2.17. The van der Waals surface area contributed by atoms with Crippen molar-refractivity contribution in [2.45, 2.75) is 32.0 Å². The van der Waals surface area contributed by atoms with E-state index in [2.05, 4.69) is 5.32 Å². The topological polar surface area (TPSA) is 84.6 Å². The van der Waals surface area contributed by atoms with Gasteiger partial charge in [-0.3, -0.25) is 10.1 Å². The van der Waals surface area contributed by atoms with Crippen molar-refractivity contribution in [2.75, 3.05) is 18.5 Å². The Morgan fingerprint density at radius 1 is 1.47 bits per heavy atom. The predicted octanol–water partition coefficient (Wildman–Crippen LogP) is 2.07. The molecule has 1 aromatic carbocycles. The van der Waals surface area contributed by atoms with E-state index in [1.165, 1.54) is 6.07 Å². The Kier molecular flexibility index (Phi) is 4.70. The molecule has 2 N–H and O–H groups in total. The average Bonchev–Trinajstić information content (AvgIpc) is 2.45. The highest BCUT2D eigenvalue weighted by Gasteiger charge is 2.17. The number of benzene rings is 1. The van der Waals surface area contributed by atoms with Gasteiger partial charge in [0.25, 0.3) is 5.69 Å². The summed E-state index contributed by atoms with van der Waals surface area (Å²) < 4.78 is 5.57. The lowest BCUT2D eigenvalue weighted by Crippen LogP contribution is -2.27. The Bertz CT molecular complexity index is 444. The van der Waals surface area contributed by atoms with Crippen LogP contribution in [0.5, 0.6) is 0 Å². The monoisotopic (exact) mass is 266 g/mol. The van der Waals surface area contributed by atoms with Gasteiger partial charge in [-0.2, -0.15) is 0 Å². The molecule has 1 aromatic rings. The van der Waals surface area contributed by atoms with Crippen molar-refractivity contribution in [1.29, 1.82) is 0 Å². The molecule has 1 atom stereocenters. The van der Waals surface area contributed by atoms with Crippen LogP contribution in [0.4, 0.5) is 11.4 Å². The number of nitrogens with one attached hydrogen (secondary N) is 1. The first kappa shape index (κ1) is 13.8. The van der Waals surface area contributed by atoms with Gasteiger partial charge in [0.05, 0.1) is 17.6 Å². The van der Waals surface area contributed by atoms with Gasteiger partial charge in [-0.05, 0) is 37.0 Å². The molecule has 1 aliphatic heterocycles. The average molecular weight is 266 g/mol. The number of aliphatic hydroxyl groups excluding tert-OH is 1. The number of ether oxygens (including phenoxy) is 1. The Balaban J connectivity index is 2.06. The molecule has 0 radical (unpaired) electrons. The van der Waals surface area contributed by atoms with Crippen molar-refractivity contribution in [3.63, 3.8) is 0 Å². The summed E-state index contributed by atoms with van der Waals surface area (Å²) in [4.78, 5) is 10.5. The molecule has 1 saturated heterocycles. The minimum absolute atomic E-state index is 0.0213. The molecule has 1 heterocycles. The van der Waals surface area contributed by atoms with Gasteiger partial charge in [0.2, 0.25) is 0 Å². The maximum atomic E-state index is 10.9. The van der Waals surface area contributed by atoms with E-state index in [9.17, 15) is 10.1 Å². The highest BCUT2D eigenvalue weighted by molar-refractivity contribution is 5.62. The molecule has 104 valence electrons. The van der Waals surface area contributed by atoms with Crippen molar-refractivity contribution < 1.29 is 14.8 Å². The molecule has 1 unspecified atom stereocenters. The van der Waals surface area contributed by atoms with Gasteiger partial charge in [-0.25, -0.2) is 0 Å². The minimum atomic E-state index is -0.425. The second-order valence-electron chi connectivity index (χ2n) is 4.64. The summed E-state index contributed by atoms with van der Waals surface area (Å²) in [5.41, 5.74) is 1.11. The van der Waals surface area contributed by atoms with E-state index in [1.54, 1.807) is 12.1 Å². The number of nitrogens with zero attached hydrogens (tertiary/aromatic N) is 1. The molecule has 1 fully saturated rings. The predicted molar refractivity (Wildman–Crippen MR) is 71.1 cm³/mol. The molecule has 2 rings (SSSR count). The summed E-state index contributed by atoms with van der Waals surface area (Å²) in [5.74, 6) is 0. The van der Waals surface area contributed by atoms with Gasteiger partial charge in [-0.15, -0.1) is 0 Å². The third-order valence-electron chi connectivity index (χ3n) is 3.23. The molecular formula is C13H18N2O4. The van der Waals surface area contributed by atoms with E-state index >= 15 is 0 Å². The fraction of sp³-hybridized carbons (Fsp3) is 0.538. The maximum Gasteiger partial charge on any atom is 0.292 e. The van der Waals surface area contributed by atoms with Crippen LogP contribution in [0, 0.1) is 10.1 Å². The van der Waals surface area contributed by atoms with Crippen molar-refractivity contribution in [1.82, 2.24) is 0 Å². The third-order valence-corrected chi connectivity index (χ3v) is 3.23. The van der Waals surface area contributed by atoms with Gasteiger partial charge in [0.1, 0.15) is 5.69 Å². The van der Waals surface area contributed by atoms with Crippen LogP contribution in [0.2, 0.25) is 0 Å². The lowest BCUT2D eigenvalue weighted by Gasteiger charge is -2.23. The normalized spacial score (nSPS) is 19.1.